The predicted octanol–water partition coefficient (Wildman–Crippen LogP) is 4.72. The molecule has 5 nitrogen and oxygen atoms in total. The van der Waals surface area contributed by atoms with E-state index in [1.165, 1.54) is 4.90 Å². The molecule has 2 bridgehead atoms. The highest BCUT2D eigenvalue weighted by atomic mass is 16.2. The van der Waals surface area contributed by atoms with E-state index in [-0.39, 0.29) is 47.8 Å². The van der Waals surface area contributed by atoms with Gasteiger partial charge >= 0.3 is 0 Å². The lowest BCUT2D eigenvalue weighted by Crippen LogP contribution is -2.38. The normalized spacial score (nSPS) is 26.1. The van der Waals surface area contributed by atoms with Crippen LogP contribution in [0.1, 0.15) is 24.4 Å². The number of imide groups is 1. The Morgan fingerprint density at radius 2 is 1.48 bits per heavy atom. The third kappa shape index (κ3) is 3.18. The van der Waals surface area contributed by atoms with Gasteiger partial charge in [-0.1, -0.05) is 78.9 Å². The Hall–Kier alpha value is -3.73. The first-order valence-electron chi connectivity index (χ1n) is 11.5. The van der Waals surface area contributed by atoms with Gasteiger partial charge < -0.3 is 5.32 Å². The molecule has 6 rings (SSSR count). The molecule has 0 spiro atoms. The number of amides is 3. The van der Waals surface area contributed by atoms with E-state index in [0.29, 0.717) is 0 Å². The molecule has 3 aromatic carbocycles. The maximum absolute atomic E-state index is 13.5. The van der Waals surface area contributed by atoms with Crippen molar-refractivity contribution in [2.45, 2.75) is 18.9 Å². The number of allylic oxidation sites excluding steroid dienone is 2. The van der Waals surface area contributed by atoms with Crippen LogP contribution >= 0.6 is 0 Å². The van der Waals surface area contributed by atoms with Crippen LogP contribution in [-0.2, 0) is 14.4 Å². The van der Waals surface area contributed by atoms with Crippen molar-refractivity contribution in [1.82, 2.24) is 4.90 Å². The summed E-state index contributed by atoms with van der Waals surface area (Å²) in [4.78, 5) is 41.5. The standard InChI is InChI=1S/C28H24N2O3/c31-24(29-22-12-6-10-17-7-4-5-11-21(17)22)16-23(18-8-2-1-3-9-18)30-27(32)25-19-13-14-20(15-19)26(25)28(30)33/h1-14,19-20,23,25-26H,15-16H2,(H,29,31). The lowest BCUT2D eigenvalue weighted by molar-refractivity contribution is -0.144. The minimum Gasteiger partial charge on any atom is -0.325 e. The van der Waals surface area contributed by atoms with Crippen molar-refractivity contribution in [2.24, 2.45) is 23.7 Å². The molecule has 2 aliphatic carbocycles. The van der Waals surface area contributed by atoms with Gasteiger partial charge in [0.05, 0.1) is 24.3 Å². The van der Waals surface area contributed by atoms with Crippen molar-refractivity contribution in [3.8, 4) is 0 Å². The van der Waals surface area contributed by atoms with Gasteiger partial charge in [0.2, 0.25) is 17.7 Å². The maximum atomic E-state index is 13.5. The second-order valence-electron chi connectivity index (χ2n) is 9.25. The largest absolute Gasteiger partial charge is 0.325 e. The zero-order valence-corrected chi connectivity index (χ0v) is 18.1. The van der Waals surface area contributed by atoms with Gasteiger partial charge in [0.25, 0.3) is 0 Å². The number of carbonyl (C=O) groups excluding carboxylic acids is 3. The average Bonchev–Trinajstić information content (AvgIpc) is 3.52. The van der Waals surface area contributed by atoms with Crippen LogP contribution in [0, 0.1) is 23.7 Å². The molecule has 5 unspecified atom stereocenters. The van der Waals surface area contributed by atoms with Gasteiger partial charge in [-0.05, 0) is 35.3 Å². The number of hydrogen-bond acceptors (Lipinski definition) is 3. The van der Waals surface area contributed by atoms with Gasteiger partial charge in [0.15, 0.2) is 0 Å². The molecular formula is C28H24N2O3. The van der Waals surface area contributed by atoms with E-state index >= 15 is 0 Å². The molecule has 5 atom stereocenters. The lowest BCUT2D eigenvalue weighted by atomic mass is 9.85. The molecule has 0 aromatic heterocycles. The van der Waals surface area contributed by atoms with Crippen LogP contribution in [0.5, 0.6) is 0 Å². The van der Waals surface area contributed by atoms with Crippen molar-refractivity contribution < 1.29 is 14.4 Å². The molecule has 3 aromatic rings. The molecule has 3 aliphatic rings. The van der Waals surface area contributed by atoms with Crippen LogP contribution in [0.3, 0.4) is 0 Å². The summed E-state index contributed by atoms with van der Waals surface area (Å²) in [5.74, 6) is -0.759. The van der Waals surface area contributed by atoms with E-state index in [1.807, 2.05) is 72.8 Å². The summed E-state index contributed by atoms with van der Waals surface area (Å²) >= 11 is 0. The molecule has 1 saturated heterocycles. The van der Waals surface area contributed by atoms with Crippen molar-refractivity contribution >= 4 is 34.2 Å². The summed E-state index contributed by atoms with van der Waals surface area (Å²) in [7, 11) is 0. The highest BCUT2D eigenvalue weighted by Gasteiger charge is 2.60. The highest BCUT2D eigenvalue weighted by molar-refractivity contribution is 6.08. The van der Waals surface area contributed by atoms with Gasteiger partial charge in [-0.25, -0.2) is 0 Å². The van der Waals surface area contributed by atoms with Crippen LogP contribution in [0.4, 0.5) is 5.69 Å². The zero-order chi connectivity index (χ0) is 22.5. The summed E-state index contributed by atoms with van der Waals surface area (Å²) in [5, 5.41) is 5.01. The van der Waals surface area contributed by atoms with Crippen molar-refractivity contribution in [3.63, 3.8) is 0 Å². The molecule has 1 N–H and O–H groups in total. The molecule has 3 amide bonds. The molecule has 0 radical (unpaired) electrons. The number of benzene rings is 3. The summed E-state index contributed by atoms with van der Waals surface area (Å²) in [5.41, 5.74) is 1.52. The molecule has 1 saturated carbocycles. The van der Waals surface area contributed by atoms with Gasteiger partial charge in [0, 0.05) is 11.1 Å². The van der Waals surface area contributed by atoms with E-state index < -0.39 is 6.04 Å². The Morgan fingerprint density at radius 1 is 0.848 bits per heavy atom. The molecule has 2 fully saturated rings. The van der Waals surface area contributed by atoms with Crippen LogP contribution in [0.2, 0.25) is 0 Å². The summed E-state index contributed by atoms with van der Waals surface area (Å²) in [6, 6.07) is 22.4. The lowest BCUT2D eigenvalue weighted by Gasteiger charge is -2.28. The molecule has 164 valence electrons. The fourth-order valence-electron chi connectivity index (χ4n) is 5.98. The third-order valence-corrected chi connectivity index (χ3v) is 7.44. The predicted molar refractivity (Wildman–Crippen MR) is 126 cm³/mol. The molecule has 1 aliphatic heterocycles. The van der Waals surface area contributed by atoms with Gasteiger partial charge in [-0.15, -0.1) is 0 Å². The van der Waals surface area contributed by atoms with Crippen molar-refractivity contribution in [2.75, 3.05) is 5.32 Å². The van der Waals surface area contributed by atoms with Gasteiger partial charge in [-0.2, -0.15) is 0 Å². The number of carbonyl (C=O) groups is 3. The second-order valence-corrected chi connectivity index (χ2v) is 9.25. The summed E-state index contributed by atoms with van der Waals surface area (Å²) in [6.45, 7) is 0. The third-order valence-electron chi connectivity index (χ3n) is 7.44. The number of anilines is 1. The smallest absolute Gasteiger partial charge is 0.234 e. The topological polar surface area (TPSA) is 66.5 Å². The number of likely N-dealkylation sites (tertiary alicyclic amines) is 1. The summed E-state index contributed by atoms with van der Waals surface area (Å²) in [6.07, 6.45) is 5.08. The second kappa shape index (κ2) is 7.69. The minimum atomic E-state index is -0.619. The first-order valence-corrected chi connectivity index (χ1v) is 11.5. The number of nitrogens with one attached hydrogen (secondary N) is 1. The Morgan fingerprint density at radius 3 is 2.21 bits per heavy atom. The van der Waals surface area contributed by atoms with E-state index in [4.69, 9.17) is 0 Å². The number of rotatable bonds is 5. The molecular weight excluding hydrogens is 412 g/mol. The average molecular weight is 437 g/mol. The van der Waals surface area contributed by atoms with Gasteiger partial charge in [0.1, 0.15) is 0 Å². The monoisotopic (exact) mass is 436 g/mol. The fraction of sp³-hybridized carbons (Fsp3) is 0.250. The quantitative estimate of drug-likeness (QED) is 0.465. The molecule has 33 heavy (non-hydrogen) atoms. The molecule has 1 heterocycles. The first kappa shape index (κ1) is 19.9. The Bertz CT molecular complexity index is 1260. The van der Waals surface area contributed by atoms with E-state index in [9.17, 15) is 14.4 Å². The van der Waals surface area contributed by atoms with E-state index in [2.05, 4.69) is 17.5 Å². The number of nitrogens with zero attached hydrogens (tertiary/aromatic N) is 1. The van der Waals surface area contributed by atoms with Crippen LogP contribution in [-0.4, -0.2) is 22.6 Å². The van der Waals surface area contributed by atoms with Crippen molar-refractivity contribution in [1.29, 1.82) is 0 Å². The van der Waals surface area contributed by atoms with Crippen molar-refractivity contribution in [3.05, 3.63) is 90.5 Å². The maximum Gasteiger partial charge on any atom is 0.234 e. The molecule has 5 heteroatoms. The number of hydrogen-bond donors (Lipinski definition) is 1. The van der Waals surface area contributed by atoms with Crippen LogP contribution in [0.25, 0.3) is 10.8 Å². The zero-order valence-electron chi connectivity index (χ0n) is 18.1. The summed E-state index contributed by atoms with van der Waals surface area (Å²) < 4.78 is 0. The minimum absolute atomic E-state index is 0.0208. The van der Waals surface area contributed by atoms with E-state index in [1.54, 1.807) is 0 Å². The Balaban J connectivity index is 1.31. The Kier molecular flexibility index (Phi) is 4.64. The number of fused-ring (bicyclic) bond motifs is 6. The first-order chi connectivity index (χ1) is 16.1. The highest BCUT2D eigenvalue weighted by Crippen LogP contribution is 2.54. The van der Waals surface area contributed by atoms with Gasteiger partial charge in [-0.3, -0.25) is 19.3 Å². The van der Waals surface area contributed by atoms with Crippen LogP contribution < -0.4 is 5.32 Å². The fourth-order valence-corrected chi connectivity index (χ4v) is 5.98. The SMILES string of the molecule is O=C(CC(c1ccccc1)N1C(=O)C2C3C=CC(C3)C2C1=O)Nc1cccc2ccccc12. The van der Waals surface area contributed by atoms with E-state index in [0.717, 1.165) is 28.4 Å². The Labute approximate surface area is 192 Å². The van der Waals surface area contributed by atoms with Crippen LogP contribution in [0.15, 0.2) is 84.9 Å².